The van der Waals surface area contributed by atoms with Gasteiger partial charge in [-0.2, -0.15) is 5.10 Å². The molecule has 1 saturated heterocycles. The molecule has 7 nitrogen and oxygen atoms in total. The highest BCUT2D eigenvalue weighted by Crippen LogP contribution is 2.32. The Balaban J connectivity index is 1.53. The molecule has 1 fully saturated rings. The summed E-state index contributed by atoms with van der Waals surface area (Å²) >= 11 is 0. The molecule has 0 aliphatic carbocycles. The second-order valence-electron chi connectivity index (χ2n) is 7.10. The highest BCUT2D eigenvalue weighted by molar-refractivity contribution is 5.78. The van der Waals surface area contributed by atoms with Crippen molar-refractivity contribution in [1.82, 2.24) is 14.3 Å². The molecule has 7 heteroatoms. The van der Waals surface area contributed by atoms with Crippen LogP contribution in [0.15, 0.2) is 35.3 Å². The molecule has 0 radical (unpaired) electrons. The van der Waals surface area contributed by atoms with E-state index in [0.717, 1.165) is 54.3 Å². The molecule has 1 aromatic carbocycles. The molecule has 2 aliphatic heterocycles. The van der Waals surface area contributed by atoms with E-state index in [2.05, 4.69) is 11.2 Å². The fourth-order valence-electron chi connectivity index (χ4n) is 3.90. The number of nitrogens with zero attached hydrogens (tertiary/aromatic N) is 3. The Morgan fingerprint density at radius 1 is 1.15 bits per heavy atom. The van der Waals surface area contributed by atoms with Crippen LogP contribution in [0.25, 0.3) is 10.9 Å². The highest BCUT2D eigenvalue weighted by Gasteiger charge is 2.21. The fourth-order valence-corrected chi connectivity index (χ4v) is 3.90. The van der Waals surface area contributed by atoms with Crippen LogP contribution in [-0.2, 0) is 11.3 Å². The van der Waals surface area contributed by atoms with Gasteiger partial charge in [-0.1, -0.05) is 6.07 Å². The summed E-state index contributed by atoms with van der Waals surface area (Å²) in [6.45, 7) is 4.18. The van der Waals surface area contributed by atoms with E-state index in [4.69, 9.17) is 14.2 Å². The van der Waals surface area contributed by atoms with Gasteiger partial charge in [-0.05, 0) is 43.5 Å². The van der Waals surface area contributed by atoms with Crippen molar-refractivity contribution in [2.45, 2.75) is 32.4 Å². The average Bonchev–Trinajstić information content (AvgIpc) is 3.32. The lowest BCUT2D eigenvalue weighted by atomic mass is 10.1. The maximum Gasteiger partial charge on any atom is 0.262 e. The quantitative estimate of drug-likeness (QED) is 0.712. The van der Waals surface area contributed by atoms with Gasteiger partial charge in [0.05, 0.1) is 29.7 Å². The van der Waals surface area contributed by atoms with Crippen molar-refractivity contribution in [3.05, 3.63) is 52.1 Å². The van der Waals surface area contributed by atoms with Crippen molar-refractivity contribution in [2.24, 2.45) is 0 Å². The topological polar surface area (TPSA) is 67.5 Å². The molecule has 0 bridgehead atoms. The summed E-state index contributed by atoms with van der Waals surface area (Å²) in [4.78, 5) is 13.1. The number of rotatable bonds is 3. The third-order valence-corrected chi connectivity index (χ3v) is 5.40. The van der Waals surface area contributed by atoms with E-state index in [9.17, 15) is 4.79 Å². The molecule has 5 rings (SSSR count). The number of ether oxygens (including phenoxy) is 3. The van der Waals surface area contributed by atoms with Gasteiger partial charge >= 0.3 is 0 Å². The molecule has 27 heavy (non-hydrogen) atoms. The summed E-state index contributed by atoms with van der Waals surface area (Å²) in [7, 11) is 0. The van der Waals surface area contributed by atoms with Crippen LogP contribution in [0.3, 0.4) is 0 Å². The standard InChI is InChI=1S/C20H21N3O4/c1-13-8-17-16(10-21-23(17)15-4-6-25-7-5-15)20(24)22(13)11-14-2-3-18-19(9-14)27-12-26-18/h2-3,8-10,15H,4-7,11-12H2,1H3. The summed E-state index contributed by atoms with van der Waals surface area (Å²) in [6, 6.07) is 8.14. The van der Waals surface area contributed by atoms with E-state index in [-0.39, 0.29) is 12.4 Å². The summed E-state index contributed by atoms with van der Waals surface area (Å²) in [5.41, 5.74) is 2.81. The van der Waals surface area contributed by atoms with E-state index in [1.54, 1.807) is 10.8 Å². The molecule has 0 unspecified atom stereocenters. The van der Waals surface area contributed by atoms with Crippen LogP contribution in [0, 0.1) is 6.92 Å². The zero-order chi connectivity index (χ0) is 18.4. The number of aromatic nitrogens is 3. The van der Waals surface area contributed by atoms with Crippen LogP contribution in [0.1, 0.15) is 30.1 Å². The van der Waals surface area contributed by atoms with E-state index in [1.165, 1.54) is 0 Å². The third-order valence-electron chi connectivity index (χ3n) is 5.40. The molecule has 4 heterocycles. The second-order valence-corrected chi connectivity index (χ2v) is 7.10. The maximum atomic E-state index is 13.1. The Bertz CT molecular complexity index is 1060. The Labute approximate surface area is 156 Å². The van der Waals surface area contributed by atoms with E-state index < -0.39 is 0 Å². The molecular weight excluding hydrogens is 346 g/mol. The maximum absolute atomic E-state index is 13.1. The number of fused-ring (bicyclic) bond motifs is 2. The van der Waals surface area contributed by atoms with Crippen LogP contribution in [-0.4, -0.2) is 34.4 Å². The van der Waals surface area contributed by atoms with Gasteiger partial charge in [0.2, 0.25) is 6.79 Å². The molecule has 2 aliphatic rings. The Morgan fingerprint density at radius 2 is 1.96 bits per heavy atom. The van der Waals surface area contributed by atoms with Gasteiger partial charge in [-0.15, -0.1) is 0 Å². The van der Waals surface area contributed by atoms with Crippen molar-refractivity contribution in [3.8, 4) is 11.5 Å². The summed E-state index contributed by atoms with van der Waals surface area (Å²) < 4.78 is 20.0. The van der Waals surface area contributed by atoms with Crippen LogP contribution in [0.5, 0.6) is 11.5 Å². The lowest BCUT2D eigenvalue weighted by Crippen LogP contribution is -2.24. The molecule has 0 amide bonds. The second kappa shape index (κ2) is 6.42. The van der Waals surface area contributed by atoms with Gasteiger partial charge < -0.3 is 18.8 Å². The zero-order valence-electron chi connectivity index (χ0n) is 15.2. The first-order chi connectivity index (χ1) is 13.2. The predicted octanol–water partition coefficient (Wildman–Crippen LogP) is 2.63. The largest absolute Gasteiger partial charge is 0.454 e. The molecule has 0 spiro atoms. The van der Waals surface area contributed by atoms with Crippen LogP contribution >= 0.6 is 0 Å². The molecule has 0 atom stereocenters. The number of hydrogen-bond acceptors (Lipinski definition) is 5. The van der Waals surface area contributed by atoms with Crippen molar-refractivity contribution in [3.63, 3.8) is 0 Å². The highest BCUT2D eigenvalue weighted by atomic mass is 16.7. The van der Waals surface area contributed by atoms with Gasteiger partial charge in [0.25, 0.3) is 5.56 Å². The first kappa shape index (κ1) is 16.4. The smallest absolute Gasteiger partial charge is 0.262 e. The molecular formula is C20H21N3O4. The average molecular weight is 367 g/mol. The van der Waals surface area contributed by atoms with E-state index >= 15 is 0 Å². The van der Waals surface area contributed by atoms with Crippen LogP contribution in [0.2, 0.25) is 0 Å². The first-order valence-electron chi connectivity index (χ1n) is 9.24. The lowest BCUT2D eigenvalue weighted by Gasteiger charge is -2.23. The Morgan fingerprint density at radius 3 is 2.81 bits per heavy atom. The molecule has 3 aromatic rings. The van der Waals surface area contributed by atoms with Crippen molar-refractivity contribution < 1.29 is 14.2 Å². The Hall–Kier alpha value is -2.80. The molecule has 0 N–H and O–H groups in total. The van der Waals surface area contributed by atoms with Gasteiger partial charge in [-0.3, -0.25) is 9.48 Å². The molecule has 0 saturated carbocycles. The summed E-state index contributed by atoms with van der Waals surface area (Å²) in [5.74, 6) is 1.47. The zero-order valence-corrected chi connectivity index (χ0v) is 15.2. The van der Waals surface area contributed by atoms with Crippen LogP contribution < -0.4 is 15.0 Å². The van der Waals surface area contributed by atoms with Gasteiger partial charge in [0.1, 0.15) is 0 Å². The fraction of sp³-hybridized carbons (Fsp3) is 0.400. The first-order valence-corrected chi connectivity index (χ1v) is 9.24. The number of hydrogen-bond donors (Lipinski definition) is 0. The van der Waals surface area contributed by atoms with E-state index in [0.29, 0.717) is 18.0 Å². The van der Waals surface area contributed by atoms with Gasteiger partial charge in [-0.25, -0.2) is 0 Å². The normalized spacial score (nSPS) is 16.9. The summed E-state index contributed by atoms with van der Waals surface area (Å²) in [5, 5.41) is 5.19. The SMILES string of the molecule is Cc1cc2c(cnn2C2CCOCC2)c(=O)n1Cc1ccc2c(c1)OCO2. The van der Waals surface area contributed by atoms with Gasteiger partial charge in [0.15, 0.2) is 11.5 Å². The molecule has 140 valence electrons. The third kappa shape index (κ3) is 2.78. The van der Waals surface area contributed by atoms with Crippen LogP contribution in [0.4, 0.5) is 0 Å². The van der Waals surface area contributed by atoms with Gasteiger partial charge in [0, 0.05) is 18.9 Å². The minimum atomic E-state index is -0.0130. The van der Waals surface area contributed by atoms with E-state index in [1.807, 2.05) is 29.8 Å². The monoisotopic (exact) mass is 367 g/mol. The van der Waals surface area contributed by atoms with Crippen molar-refractivity contribution in [2.75, 3.05) is 20.0 Å². The number of benzene rings is 1. The number of pyridine rings is 1. The van der Waals surface area contributed by atoms with Crippen molar-refractivity contribution in [1.29, 1.82) is 0 Å². The predicted molar refractivity (Wildman–Crippen MR) is 99.5 cm³/mol. The van der Waals surface area contributed by atoms with Crippen molar-refractivity contribution >= 4 is 10.9 Å². The number of aryl methyl sites for hydroxylation is 1. The lowest BCUT2D eigenvalue weighted by molar-refractivity contribution is 0.0675. The molecule has 2 aromatic heterocycles. The Kier molecular flexibility index (Phi) is 3.89. The summed E-state index contributed by atoms with van der Waals surface area (Å²) in [6.07, 6.45) is 3.55. The minimum Gasteiger partial charge on any atom is -0.454 e. The minimum absolute atomic E-state index is 0.0130.